The van der Waals surface area contributed by atoms with Gasteiger partial charge in [0.2, 0.25) is 0 Å². The van der Waals surface area contributed by atoms with Gasteiger partial charge in [-0.05, 0) is 0 Å². The highest BCUT2D eigenvalue weighted by atomic mass is 32.2. The van der Waals surface area contributed by atoms with Crippen LogP contribution in [0.3, 0.4) is 0 Å². The molecule has 0 aliphatic carbocycles. The summed E-state index contributed by atoms with van der Waals surface area (Å²) in [5.74, 6) is 0.532. The molecule has 0 aromatic heterocycles. The van der Waals surface area contributed by atoms with Crippen LogP contribution >= 0.6 is 23.5 Å². The van der Waals surface area contributed by atoms with Crippen LogP contribution in [0.4, 0.5) is 0 Å². The maximum Gasteiger partial charge on any atom is 0.260 e. The Kier molecular flexibility index (Phi) is 5.48. The summed E-state index contributed by atoms with van der Waals surface area (Å²) in [4.78, 5) is 12.3. The van der Waals surface area contributed by atoms with Crippen LogP contribution in [0.15, 0.2) is 9.81 Å². The molecule has 86 valence electrons. The molecule has 0 radical (unpaired) electrons. The van der Waals surface area contributed by atoms with Crippen molar-refractivity contribution >= 4 is 29.4 Å². The predicted octanol–water partition coefficient (Wildman–Crippen LogP) is -0.903. The molecular weight excluding hydrogens is 238 g/mol. The number of aliphatic hydroxyl groups excluding tert-OH is 3. The zero-order valence-corrected chi connectivity index (χ0v) is 9.61. The molecule has 4 N–H and O–H groups in total. The average molecular weight is 251 g/mol. The smallest absolute Gasteiger partial charge is 0.260 e. The highest BCUT2D eigenvalue weighted by molar-refractivity contribution is 8.07. The second kappa shape index (κ2) is 6.39. The number of rotatable bonds is 6. The predicted molar refractivity (Wildman–Crippen MR) is 60.3 cm³/mol. The van der Waals surface area contributed by atoms with E-state index in [9.17, 15) is 9.90 Å². The number of hydrogen-bond acceptors (Lipinski definition) is 6. The summed E-state index contributed by atoms with van der Waals surface area (Å²) in [5.41, 5.74) is 0. The first kappa shape index (κ1) is 12.9. The van der Waals surface area contributed by atoms with Crippen molar-refractivity contribution in [3.63, 3.8) is 0 Å². The fourth-order valence-electron chi connectivity index (χ4n) is 1.08. The molecule has 1 heterocycles. The Morgan fingerprint density at radius 3 is 2.40 bits per heavy atom. The van der Waals surface area contributed by atoms with Gasteiger partial charge in [0.05, 0.1) is 23.0 Å². The van der Waals surface area contributed by atoms with Crippen LogP contribution in [0.5, 0.6) is 0 Å². The summed E-state index contributed by atoms with van der Waals surface area (Å²) in [6, 6.07) is 0. The minimum atomic E-state index is -0.977. The van der Waals surface area contributed by atoms with Gasteiger partial charge in [-0.15, -0.1) is 23.5 Å². The van der Waals surface area contributed by atoms with E-state index in [1.54, 1.807) is 0 Å². The molecule has 0 bridgehead atoms. The second-order valence-corrected chi connectivity index (χ2v) is 4.96. The zero-order valence-electron chi connectivity index (χ0n) is 7.97. The molecule has 1 aliphatic heterocycles. The van der Waals surface area contributed by atoms with Crippen molar-refractivity contribution in [3.8, 4) is 0 Å². The van der Waals surface area contributed by atoms with Crippen LogP contribution in [-0.4, -0.2) is 52.2 Å². The highest BCUT2D eigenvalue weighted by Gasteiger charge is 2.30. The second-order valence-electron chi connectivity index (χ2n) is 2.71. The van der Waals surface area contributed by atoms with Gasteiger partial charge in [-0.25, -0.2) is 0 Å². The molecule has 0 spiro atoms. The summed E-state index contributed by atoms with van der Waals surface area (Å²) in [6.45, 7) is -0.0253. The lowest BCUT2D eigenvalue weighted by molar-refractivity contribution is -0.117. The van der Waals surface area contributed by atoms with Crippen LogP contribution in [-0.2, 0) is 4.79 Å². The van der Waals surface area contributed by atoms with E-state index in [0.29, 0.717) is 21.3 Å². The molecule has 0 aromatic carbocycles. The summed E-state index contributed by atoms with van der Waals surface area (Å²) >= 11 is 2.46. The Morgan fingerprint density at radius 1 is 1.20 bits per heavy atom. The molecule has 0 saturated carbocycles. The first-order valence-corrected chi connectivity index (χ1v) is 6.38. The fourth-order valence-corrected chi connectivity index (χ4v) is 2.92. The minimum absolute atomic E-state index is 0.00692. The Morgan fingerprint density at radius 2 is 1.80 bits per heavy atom. The number of aliphatic hydroxyl groups is 3. The number of amides is 1. The third-order valence-corrected chi connectivity index (χ3v) is 3.97. The Bertz CT molecular complexity index is 269. The molecule has 0 fully saturated rings. The Labute approximate surface area is 95.9 Å². The van der Waals surface area contributed by atoms with E-state index in [4.69, 9.17) is 10.2 Å². The van der Waals surface area contributed by atoms with E-state index in [-0.39, 0.29) is 19.1 Å². The molecule has 0 aromatic rings. The van der Waals surface area contributed by atoms with E-state index < -0.39 is 6.23 Å². The molecule has 1 amide bonds. The third-order valence-electron chi connectivity index (χ3n) is 1.63. The summed E-state index contributed by atoms with van der Waals surface area (Å²) in [5, 5.41) is 29.2. The first-order valence-electron chi connectivity index (χ1n) is 4.41. The van der Waals surface area contributed by atoms with Gasteiger partial charge in [0.25, 0.3) is 5.91 Å². The topological polar surface area (TPSA) is 89.8 Å². The molecule has 5 nitrogen and oxygen atoms in total. The summed E-state index contributed by atoms with van der Waals surface area (Å²) in [6.07, 6.45) is -0.977. The van der Waals surface area contributed by atoms with Gasteiger partial charge in [0.1, 0.15) is 0 Å². The maximum absolute atomic E-state index is 11.4. The molecule has 1 unspecified atom stereocenters. The van der Waals surface area contributed by atoms with Crippen molar-refractivity contribution in [1.29, 1.82) is 0 Å². The number of thioether (sulfide) groups is 2. The van der Waals surface area contributed by atoms with Gasteiger partial charge in [-0.3, -0.25) is 4.79 Å². The monoisotopic (exact) mass is 251 g/mol. The zero-order chi connectivity index (χ0) is 11.3. The SMILES string of the molecule is O=C1NC(O)C(SCCO)=C1SCCO. The quantitative estimate of drug-likeness (QED) is 0.489. The van der Waals surface area contributed by atoms with Crippen LogP contribution in [0.2, 0.25) is 0 Å². The average Bonchev–Trinajstić information content (AvgIpc) is 2.47. The van der Waals surface area contributed by atoms with Gasteiger partial charge in [0, 0.05) is 11.5 Å². The van der Waals surface area contributed by atoms with E-state index in [2.05, 4.69) is 5.32 Å². The molecule has 1 aliphatic rings. The number of nitrogens with one attached hydrogen (secondary N) is 1. The van der Waals surface area contributed by atoms with E-state index in [0.717, 1.165) is 0 Å². The van der Waals surface area contributed by atoms with Crippen molar-refractivity contribution < 1.29 is 20.1 Å². The maximum atomic E-state index is 11.4. The lowest BCUT2D eigenvalue weighted by Gasteiger charge is -2.06. The van der Waals surface area contributed by atoms with Gasteiger partial charge in [-0.2, -0.15) is 0 Å². The summed E-state index contributed by atoms with van der Waals surface area (Å²) in [7, 11) is 0. The molecule has 0 saturated heterocycles. The Hall–Kier alpha value is -0.210. The van der Waals surface area contributed by atoms with Gasteiger partial charge < -0.3 is 20.6 Å². The standard InChI is InChI=1S/C8H13NO4S2/c10-1-3-14-5-6(15-4-2-11)8(13)9-7(5)12/h7,10-12H,1-4H2,(H,9,13). The number of carbonyl (C=O) groups excluding carboxylic acids is 1. The molecule has 1 rings (SSSR count). The minimum Gasteiger partial charge on any atom is -0.396 e. The molecule has 15 heavy (non-hydrogen) atoms. The lowest BCUT2D eigenvalue weighted by atomic mass is 10.5. The van der Waals surface area contributed by atoms with E-state index >= 15 is 0 Å². The number of hydrogen-bond donors (Lipinski definition) is 4. The van der Waals surface area contributed by atoms with Crippen LogP contribution in [0, 0.1) is 0 Å². The molecule has 1 atom stereocenters. The van der Waals surface area contributed by atoms with Crippen LogP contribution in [0.1, 0.15) is 0 Å². The van der Waals surface area contributed by atoms with Gasteiger partial charge in [-0.1, -0.05) is 0 Å². The Balaban J connectivity index is 2.69. The van der Waals surface area contributed by atoms with Gasteiger partial charge in [0.15, 0.2) is 6.23 Å². The van der Waals surface area contributed by atoms with Crippen LogP contribution < -0.4 is 5.32 Å². The largest absolute Gasteiger partial charge is 0.396 e. The van der Waals surface area contributed by atoms with Crippen molar-refractivity contribution in [2.75, 3.05) is 24.7 Å². The normalized spacial score (nSPS) is 21.0. The highest BCUT2D eigenvalue weighted by Crippen LogP contribution is 2.33. The molecular formula is C8H13NO4S2. The fraction of sp³-hybridized carbons (Fsp3) is 0.625. The number of carbonyl (C=O) groups is 1. The lowest BCUT2D eigenvalue weighted by Crippen LogP contribution is -2.27. The van der Waals surface area contributed by atoms with Crippen LogP contribution in [0.25, 0.3) is 0 Å². The first-order chi connectivity index (χ1) is 7.20. The summed E-state index contributed by atoms with van der Waals surface area (Å²) < 4.78 is 0. The van der Waals surface area contributed by atoms with Crippen molar-refractivity contribution in [3.05, 3.63) is 9.81 Å². The third kappa shape index (κ3) is 3.39. The van der Waals surface area contributed by atoms with Crippen molar-refractivity contribution in [2.45, 2.75) is 6.23 Å². The molecule has 7 heteroatoms. The van der Waals surface area contributed by atoms with Crippen molar-refractivity contribution in [1.82, 2.24) is 5.32 Å². The van der Waals surface area contributed by atoms with Gasteiger partial charge >= 0.3 is 0 Å². The van der Waals surface area contributed by atoms with E-state index in [1.165, 1.54) is 23.5 Å². The van der Waals surface area contributed by atoms with E-state index in [1.807, 2.05) is 0 Å². The van der Waals surface area contributed by atoms with Crippen molar-refractivity contribution in [2.24, 2.45) is 0 Å².